The molecule has 1 saturated carbocycles. The van der Waals surface area contributed by atoms with E-state index in [1.54, 1.807) is 41.7 Å². The van der Waals surface area contributed by atoms with Gasteiger partial charge in [-0.2, -0.15) is 5.26 Å². The Hall–Kier alpha value is -5.53. The Kier molecular flexibility index (Phi) is 16.4. The summed E-state index contributed by atoms with van der Waals surface area (Å²) in [6.07, 6.45) is 1.30. The number of likely N-dealkylation sites (tertiary alicyclic amines) is 1. The van der Waals surface area contributed by atoms with E-state index in [9.17, 15) is 29.5 Å². The zero-order chi connectivity index (χ0) is 48.7. The number of carbonyl (C=O) groups is 4. The smallest absolute Gasteiger partial charge is 0.251 e. The number of aliphatic hydroxyl groups excluding tert-OH is 1. The lowest BCUT2D eigenvalue weighted by molar-refractivity contribution is -0.164. The lowest BCUT2D eigenvalue weighted by atomic mass is 9.49. The largest absolute Gasteiger partial charge is 0.489 e. The van der Waals surface area contributed by atoms with E-state index in [1.807, 2.05) is 62.7 Å². The Morgan fingerprint density at radius 1 is 1.01 bits per heavy atom. The van der Waals surface area contributed by atoms with Crippen molar-refractivity contribution in [2.45, 2.75) is 118 Å². The van der Waals surface area contributed by atoms with Crippen molar-refractivity contribution < 1.29 is 33.8 Å². The molecule has 5 N–H and O–H groups in total. The van der Waals surface area contributed by atoms with Gasteiger partial charge in [0.05, 0.1) is 32.8 Å². The van der Waals surface area contributed by atoms with Crippen LogP contribution in [0.1, 0.15) is 102 Å². The molecule has 14 nitrogen and oxygen atoms in total. The maximum atomic E-state index is 14.0. The van der Waals surface area contributed by atoms with Gasteiger partial charge in [0.15, 0.2) is 0 Å². The molecule has 6 rings (SSSR count). The molecule has 1 aliphatic carbocycles. The summed E-state index contributed by atoms with van der Waals surface area (Å²) in [7, 11) is 0. The maximum Gasteiger partial charge on any atom is 0.251 e. The Labute approximate surface area is 403 Å². The van der Waals surface area contributed by atoms with Crippen LogP contribution >= 0.6 is 22.9 Å². The van der Waals surface area contributed by atoms with Crippen molar-refractivity contribution in [3.63, 3.8) is 0 Å². The highest BCUT2D eigenvalue weighted by atomic mass is 35.5. The normalized spacial score (nSPS) is 19.9. The molecule has 1 aliphatic heterocycles. The molecule has 1 aromatic heterocycles. The van der Waals surface area contributed by atoms with E-state index in [0.717, 1.165) is 40.2 Å². The molecule has 2 fully saturated rings. The number of nitriles is 1. The van der Waals surface area contributed by atoms with Crippen molar-refractivity contribution in [1.29, 1.82) is 5.26 Å². The fourth-order valence-corrected chi connectivity index (χ4v) is 10.5. The summed E-state index contributed by atoms with van der Waals surface area (Å²) in [6.45, 7) is 16.8. The fraction of sp³-hybridized carbons (Fsp3) is 0.490. The molecular weight excluding hydrogens is 890 g/mol. The van der Waals surface area contributed by atoms with Crippen molar-refractivity contribution in [2.75, 3.05) is 31.6 Å². The van der Waals surface area contributed by atoms with Crippen LogP contribution in [0.2, 0.25) is 5.02 Å². The van der Waals surface area contributed by atoms with Gasteiger partial charge in [-0.1, -0.05) is 91.3 Å². The van der Waals surface area contributed by atoms with Crippen LogP contribution in [-0.4, -0.2) is 95.3 Å². The number of nitrogens with one attached hydrogen (secondary N) is 4. The Bertz CT molecular complexity index is 2410. The van der Waals surface area contributed by atoms with Gasteiger partial charge in [-0.15, -0.1) is 11.3 Å². The first-order valence-electron chi connectivity index (χ1n) is 22.9. The van der Waals surface area contributed by atoms with Gasteiger partial charge in [0, 0.05) is 66.9 Å². The number of aliphatic hydroxyl groups is 1. The molecule has 1 saturated heterocycles. The number of ether oxygens (including phenoxy) is 2. The minimum Gasteiger partial charge on any atom is -0.489 e. The number of aromatic nitrogens is 1. The van der Waals surface area contributed by atoms with Crippen LogP contribution in [0.4, 0.5) is 5.69 Å². The molecule has 1 unspecified atom stereocenters. The molecule has 16 heteroatoms. The second-order valence-corrected chi connectivity index (χ2v) is 21.0. The van der Waals surface area contributed by atoms with E-state index >= 15 is 0 Å². The SMILES string of the molecule is CCc1ncsc1-c1ccc(CNC(=O)[C@@H]2C[C@@H](O)CN2C(=O)C(NC(=O)COCCCCNc2ccc(C(=O)N[C@H]3C(C)(C)[C@H](Oc4ccc(C#N)c(Cl)c4)C3(C)C)cc2)C(C)(C)C)cc1. The van der Waals surface area contributed by atoms with Crippen molar-refractivity contribution >= 4 is 52.3 Å². The molecule has 2 heterocycles. The van der Waals surface area contributed by atoms with Gasteiger partial charge < -0.3 is 40.7 Å². The van der Waals surface area contributed by atoms with Crippen LogP contribution in [-0.2, 0) is 32.1 Å². The number of anilines is 1. The average molecular weight is 955 g/mol. The highest BCUT2D eigenvalue weighted by Crippen LogP contribution is 2.55. The summed E-state index contributed by atoms with van der Waals surface area (Å²) in [5.74, 6) is -0.850. The molecule has 2 aliphatic rings. The molecule has 0 bridgehead atoms. The van der Waals surface area contributed by atoms with Crippen molar-refractivity contribution in [1.82, 2.24) is 25.8 Å². The van der Waals surface area contributed by atoms with Crippen molar-refractivity contribution in [2.24, 2.45) is 16.2 Å². The first kappa shape index (κ1) is 50.9. The molecule has 0 radical (unpaired) electrons. The molecule has 3 atom stereocenters. The molecule has 4 amide bonds. The second-order valence-electron chi connectivity index (χ2n) is 19.7. The van der Waals surface area contributed by atoms with E-state index in [0.29, 0.717) is 41.5 Å². The van der Waals surface area contributed by atoms with E-state index in [1.165, 1.54) is 4.90 Å². The van der Waals surface area contributed by atoms with Crippen molar-refractivity contribution in [3.05, 3.63) is 99.6 Å². The van der Waals surface area contributed by atoms with E-state index < -0.39 is 35.4 Å². The number of hydrogen-bond donors (Lipinski definition) is 5. The number of unbranched alkanes of at least 4 members (excludes halogenated alkanes) is 1. The maximum absolute atomic E-state index is 14.0. The van der Waals surface area contributed by atoms with Gasteiger partial charge in [-0.3, -0.25) is 19.2 Å². The minimum absolute atomic E-state index is 0.0127. The summed E-state index contributed by atoms with van der Waals surface area (Å²) >= 11 is 7.83. The number of rotatable bonds is 19. The molecule has 0 spiro atoms. The molecular formula is C51H64ClN7O7S. The van der Waals surface area contributed by atoms with Gasteiger partial charge >= 0.3 is 0 Å². The predicted octanol–water partition coefficient (Wildman–Crippen LogP) is 7.53. The van der Waals surface area contributed by atoms with Crippen molar-refractivity contribution in [3.8, 4) is 22.3 Å². The quantitative estimate of drug-likeness (QED) is 0.0587. The van der Waals surface area contributed by atoms with Crippen LogP contribution < -0.4 is 26.0 Å². The number of aryl methyl sites for hydroxylation is 1. The number of thiazole rings is 1. The first-order chi connectivity index (χ1) is 31.7. The number of carbonyl (C=O) groups excluding carboxylic acids is 4. The number of hydrogen-bond acceptors (Lipinski definition) is 11. The standard InChI is InChI=1S/C51H64ClN7O7S/c1-9-39-42(67-30-56-39)32-14-12-31(13-15-32)27-55-45(63)40-24-36(60)28-59(40)46(64)43(49(2,3)4)57-41(61)29-65-23-11-10-22-54-35-19-16-33(17-20-35)44(62)58-47-50(5,6)48(51(47,7)8)66-37-21-18-34(26-53)38(52)25-37/h12-21,25,30,36,40,43,47-48,54,60H,9-11,22-24,27-29H2,1-8H3,(H,55,63)(H,57,61)(H,58,62)/t36-,40+,43?,47-,48-/m1/s1. The van der Waals surface area contributed by atoms with Gasteiger partial charge in [0.1, 0.15) is 36.6 Å². The molecule has 4 aromatic rings. The number of halogens is 1. The van der Waals surface area contributed by atoms with E-state index in [4.69, 9.17) is 21.1 Å². The molecule has 67 heavy (non-hydrogen) atoms. The topological polar surface area (TPSA) is 195 Å². The Morgan fingerprint density at radius 3 is 2.36 bits per heavy atom. The summed E-state index contributed by atoms with van der Waals surface area (Å²) in [5.41, 5.74) is 5.18. The van der Waals surface area contributed by atoms with Gasteiger partial charge in [0.25, 0.3) is 5.91 Å². The highest BCUT2D eigenvalue weighted by Gasteiger charge is 2.64. The fourth-order valence-electron chi connectivity index (χ4n) is 9.44. The number of β-amino-alcohol motifs (C(OH)–C–C–N with tert-alkyl or cyclic N) is 1. The van der Waals surface area contributed by atoms with Gasteiger partial charge in [0.2, 0.25) is 17.7 Å². The molecule has 358 valence electrons. The molecule has 3 aromatic carbocycles. The summed E-state index contributed by atoms with van der Waals surface area (Å²) in [5, 5.41) is 32.5. The van der Waals surface area contributed by atoms with Crippen LogP contribution in [0.3, 0.4) is 0 Å². The van der Waals surface area contributed by atoms with E-state index in [-0.39, 0.29) is 60.9 Å². The Balaban J connectivity index is 0.897. The third kappa shape index (κ3) is 12.1. The summed E-state index contributed by atoms with van der Waals surface area (Å²) in [4.78, 5) is 60.9. The highest BCUT2D eigenvalue weighted by molar-refractivity contribution is 7.13. The van der Waals surface area contributed by atoms with Crippen LogP contribution in [0.5, 0.6) is 5.75 Å². The third-order valence-corrected chi connectivity index (χ3v) is 14.0. The van der Waals surface area contributed by atoms with Crippen LogP contribution in [0.25, 0.3) is 10.4 Å². The predicted molar refractivity (Wildman–Crippen MR) is 261 cm³/mol. The first-order valence-corrected chi connectivity index (χ1v) is 24.2. The monoisotopic (exact) mass is 953 g/mol. The number of benzene rings is 3. The van der Waals surface area contributed by atoms with Crippen LogP contribution in [0.15, 0.2) is 72.2 Å². The number of amides is 4. The average Bonchev–Trinajstić information content (AvgIpc) is 3.94. The zero-order valence-corrected chi connectivity index (χ0v) is 41.3. The van der Waals surface area contributed by atoms with E-state index in [2.05, 4.69) is 66.9 Å². The van der Waals surface area contributed by atoms with Crippen LogP contribution in [0, 0.1) is 27.6 Å². The summed E-state index contributed by atoms with van der Waals surface area (Å²) in [6, 6.07) is 20.3. The van der Waals surface area contributed by atoms with Gasteiger partial charge in [-0.05, 0) is 72.2 Å². The second kappa shape index (κ2) is 21.6. The minimum atomic E-state index is -0.955. The number of nitrogens with zero attached hydrogens (tertiary/aromatic N) is 3. The summed E-state index contributed by atoms with van der Waals surface area (Å²) < 4.78 is 12.0. The lowest BCUT2D eigenvalue weighted by Gasteiger charge is -2.63. The Morgan fingerprint density at radius 2 is 1.72 bits per heavy atom. The third-order valence-electron chi connectivity index (χ3n) is 12.8. The van der Waals surface area contributed by atoms with Gasteiger partial charge in [-0.25, -0.2) is 4.98 Å². The lowest BCUT2D eigenvalue weighted by Crippen LogP contribution is -2.74. The zero-order valence-electron chi connectivity index (χ0n) is 39.7.